The Morgan fingerprint density at radius 1 is 1.17 bits per heavy atom. The van der Waals surface area contributed by atoms with E-state index in [0.29, 0.717) is 0 Å². The molecule has 9 heteroatoms. The zero-order valence-electron chi connectivity index (χ0n) is 20.7. The summed E-state index contributed by atoms with van der Waals surface area (Å²) in [6, 6.07) is 9.08. The molecule has 0 aliphatic carbocycles. The van der Waals surface area contributed by atoms with Gasteiger partial charge in [0.25, 0.3) is 0 Å². The van der Waals surface area contributed by atoms with Crippen molar-refractivity contribution in [2.45, 2.75) is 65.1 Å². The molecule has 1 aromatic carbocycles. The van der Waals surface area contributed by atoms with Gasteiger partial charge in [0.2, 0.25) is 11.8 Å². The summed E-state index contributed by atoms with van der Waals surface area (Å²) in [4.78, 5) is 34.9. The number of aliphatic hydroxyl groups is 1. The van der Waals surface area contributed by atoms with Crippen LogP contribution in [0.2, 0.25) is 0 Å². The van der Waals surface area contributed by atoms with Crippen LogP contribution in [0.15, 0.2) is 35.8 Å². The molecule has 2 N–H and O–H groups in total. The number of thiazole rings is 1. The summed E-state index contributed by atoms with van der Waals surface area (Å²) in [6.45, 7) is 10.0. The van der Waals surface area contributed by atoms with Crippen molar-refractivity contribution >= 4 is 34.7 Å². The van der Waals surface area contributed by atoms with Gasteiger partial charge in [-0.05, 0) is 55.4 Å². The molecule has 35 heavy (non-hydrogen) atoms. The lowest BCUT2D eigenvalue weighted by atomic mass is 9.90. The summed E-state index contributed by atoms with van der Waals surface area (Å²) in [5.74, 6) is -0.827. The standard InChI is InChI=1S/C26H32N4O3S2/c1-14(2)23(21-10-15(3)35-29-21)26(33)30-12-20(31)11-22(30)25(32)28-16(4)18-6-8-19(9-7-18)24-17(5)27-13-34-24/h6-10,13-14,16,20,22-23,31H,11-12H2,1-5H3,(H,28,32)/t16-,20+,22-,23?/m0/s1. The number of aromatic nitrogens is 2. The molecule has 1 saturated heterocycles. The fraction of sp³-hybridized carbons (Fsp3) is 0.462. The average molecular weight is 513 g/mol. The molecule has 7 nitrogen and oxygen atoms in total. The van der Waals surface area contributed by atoms with Crippen LogP contribution >= 0.6 is 22.9 Å². The molecule has 186 valence electrons. The number of likely N-dealkylation sites (tertiary alicyclic amines) is 1. The Labute approximate surface area is 214 Å². The Balaban J connectivity index is 1.47. The van der Waals surface area contributed by atoms with Crippen LogP contribution in [-0.4, -0.2) is 49.9 Å². The molecule has 3 aromatic rings. The summed E-state index contributed by atoms with van der Waals surface area (Å²) in [5.41, 5.74) is 5.64. The van der Waals surface area contributed by atoms with Crippen LogP contribution in [-0.2, 0) is 9.59 Å². The number of nitrogens with zero attached hydrogens (tertiary/aromatic N) is 3. The molecule has 1 unspecified atom stereocenters. The van der Waals surface area contributed by atoms with E-state index in [0.717, 1.165) is 32.3 Å². The Morgan fingerprint density at radius 2 is 1.89 bits per heavy atom. The first-order valence-electron chi connectivity index (χ1n) is 11.9. The molecule has 4 rings (SSSR count). The van der Waals surface area contributed by atoms with Gasteiger partial charge in [0.15, 0.2) is 0 Å². The number of benzene rings is 1. The monoisotopic (exact) mass is 512 g/mol. The van der Waals surface area contributed by atoms with E-state index in [1.54, 1.807) is 16.2 Å². The van der Waals surface area contributed by atoms with Gasteiger partial charge in [-0.15, -0.1) is 11.3 Å². The van der Waals surface area contributed by atoms with Crippen molar-refractivity contribution in [3.63, 3.8) is 0 Å². The highest BCUT2D eigenvalue weighted by Crippen LogP contribution is 2.32. The molecule has 0 spiro atoms. The Bertz CT molecular complexity index is 1190. The maximum absolute atomic E-state index is 13.6. The number of β-amino-alcohol motifs (C(OH)–C–C–N with tert-alkyl or cyclic N) is 1. The fourth-order valence-corrected chi connectivity index (χ4v) is 6.07. The molecule has 0 saturated carbocycles. The van der Waals surface area contributed by atoms with E-state index >= 15 is 0 Å². The lowest BCUT2D eigenvalue weighted by Gasteiger charge is -2.30. The maximum atomic E-state index is 13.6. The van der Waals surface area contributed by atoms with Crippen molar-refractivity contribution in [1.82, 2.24) is 19.6 Å². The zero-order chi connectivity index (χ0) is 25.3. The van der Waals surface area contributed by atoms with Gasteiger partial charge in [0.05, 0.1) is 39.8 Å². The largest absolute Gasteiger partial charge is 0.391 e. The number of aryl methyl sites for hydroxylation is 2. The minimum absolute atomic E-state index is 0.0186. The lowest BCUT2D eigenvalue weighted by Crippen LogP contribution is -2.48. The second-order valence-corrected chi connectivity index (χ2v) is 11.5. The van der Waals surface area contributed by atoms with Gasteiger partial charge in [0.1, 0.15) is 6.04 Å². The van der Waals surface area contributed by atoms with E-state index in [2.05, 4.69) is 14.7 Å². The average Bonchev–Trinajstić information content (AvgIpc) is 3.53. The number of hydrogen-bond donors (Lipinski definition) is 2. The maximum Gasteiger partial charge on any atom is 0.243 e. The Hall–Kier alpha value is -2.62. The summed E-state index contributed by atoms with van der Waals surface area (Å²) < 4.78 is 4.47. The number of aliphatic hydroxyl groups excluding tert-OH is 1. The highest BCUT2D eigenvalue weighted by Gasteiger charge is 2.43. The minimum Gasteiger partial charge on any atom is -0.391 e. The first kappa shape index (κ1) is 25.5. The van der Waals surface area contributed by atoms with E-state index in [9.17, 15) is 14.7 Å². The smallest absolute Gasteiger partial charge is 0.243 e. The fourth-order valence-electron chi connectivity index (χ4n) is 4.67. The van der Waals surface area contributed by atoms with Gasteiger partial charge < -0.3 is 15.3 Å². The van der Waals surface area contributed by atoms with E-state index in [4.69, 9.17) is 0 Å². The molecule has 0 radical (unpaired) electrons. The van der Waals surface area contributed by atoms with E-state index in [1.165, 1.54) is 11.5 Å². The summed E-state index contributed by atoms with van der Waals surface area (Å²) in [6.07, 6.45) is -0.494. The van der Waals surface area contributed by atoms with Crippen LogP contribution in [0.4, 0.5) is 0 Å². The highest BCUT2D eigenvalue weighted by molar-refractivity contribution is 7.13. The van der Waals surface area contributed by atoms with Crippen LogP contribution in [0.1, 0.15) is 61.0 Å². The lowest BCUT2D eigenvalue weighted by molar-refractivity contribution is -0.140. The first-order valence-corrected chi connectivity index (χ1v) is 13.5. The van der Waals surface area contributed by atoms with Gasteiger partial charge >= 0.3 is 0 Å². The van der Waals surface area contributed by atoms with Crippen LogP contribution in [0.25, 0.3) is 10.4 Å². The number of amides is 2. The molecule has 0 bridgehead atoms. The molecule has 1 fully saturated rings. The number of carbonyl (C=O) groups excluding carboxylic acids is 2. The van der Waals surface area contributed by atoms with Crippen LogP contribution < -0.4 is 5.32 Å². The zero-order valence-corrected chi connectivity index (χ0v) is 22.3. The van der Waals surface area contributed by atoms with E-state index in [1.807, 2.05) is 70.5 Å². The quantitative estimate of drug-likeness (QED) is 0.487. The number of hydrogen-bond acceptors (Lipinski definition) is 7. The van der Waals surface area contributed by atoms with Crippen molar-refractivity contribution in [1.29, 1.82) is 0 Å². The van der Waals surface area contributed by atoms with Crippen molar-refractivity contribution < 1.29 is 14.7 Å². The number of carbonyl (C=O) groups is 2. The molecular formula is C26H32N4O3S2. The minimum atomic E-state index is -0.725. The SMILES string of the molecule is Cc1cc(C(C(=O)N2C[C@H](O)C[C@H]2C(=O)N[C@@H](C)c2ccc(-c3scnc3C)cc2)C(C)C)ns1. The number of rotatable bonds is 7. The van der Waals surface area contributed by atoms with Crippen LogP contribution in [0, 0.1) is 19.8 Å². The van der Waals surface area contributed by atoms with Gasteiger partial charge in [-0.3, -0.25) is 9.59 Å². The molecule has 2 amide bonds. The second-order valence-electron chi connectivity index (χ2n) is 9.60. The molecular weight excluding hydrogens is 480 g/mol. The van der Waals surface area contributed by atoms with Gasteiger partial charge in [-0.25, -0.2) is 4.98 Å². The van der Waals surface area contributed by atoms with Crippen molar-refractivity contribution in [3.05, 3.63) is 57.7 Å². The predicted octanol–water partition coefficient (Wildman–Crippen LogP) is 4.46. The van der Waals surface area contributed by atoms with Crippen molar-refractivity contribution in [3.8, 4) is 10.4 Å². The predicted molar refractivity (Wildman–Crippen MR) is 139 cm³/mol. The van der Waals surface area contributed by atoms with Gasteiger partial charge in [-0.1, -0.05) is 38.1 Å². The molecule has 3 heterocycles. The molecule has 1 aliphatic heterocycles. The Morgan fingerprint density at radius 3 is 2.46 bits per heavy atom. The third-order valence-corrected chi connectivity index (χ3v) is 8.23. The normalized spacial score (nSPS) is 19.7. The van der Waals surface area contributed by atoms with Crippen LogP contribution in [0.3, 0.4) is 0 Å². The van der Waals surface area contributed by atoms with Gasteiger partial charge in [-0.2, -0.15) is 4.37 Å². The molecule has 4 atom stereocenters. The Kier molecular flexibility index (Phi) is 7.68. The van der Waals surface area contributed by atoms with Crippen LogP contribution in [0.5, 0.6) is 0 Å². The van der Waals surface area contributed by atoms with Crippen molar-refractivity contribution in [2.75, 3.05) is 6.54 Å². The topological polar surface area (TPSA) is 95.4 Å². The third kappa shape index (κ3) is 5.47. The van der Waals surface area contributed by atoms with Crippen molar-refractivity contribution in [2.24, 2.45) is 5.92 Å². The summed E-state index contributed by atoms with van der Waals surface area (Å²) >= 11 is 2.98. The third-order valence-electron chi connectivity index (χ3n) is 6.54. The summed E-state index contributed by atoms with van der Waals surface area (Å²) in [5, 5.41) is 13.4. The second kappa shape index (κ2) is 10.6. The number of nitrogens with one attached hydrogen (secondary N) is 1. The van der Waals surface area contributed by atoms with E-state index < -0.39 is 18.1 Å². The summed E-state index contributed by atoms with van der Waals surface area (Å²) in [7, 11) is 0. The van der Waals surface area contributed by atoms with E-state index in [-0.39, 0.29) is 36.7 Å². The molecule has 2 aromatic heterocycles. The molecule has 1 aliphatic rings. The van der Waals surface area contributed by atoms with Gasteiger partial charge in [0, 0.05) is 17.8 Å². The highest BCUT2D eigenvalue weighted by atomic mass is 32.1. The first-order chi connectivity index (χ1) is 16.7.